The maximum atomic E-state index is 13.6. The second-order valence-electron chi connectivity index (χ2n) is 8.66. The fourth-order valence-electron chi connectivity index (χ4n) is 3.96. The van der Waals surface area contributed by atoms with E-state index >= 15 is 0 Å². The number of halogens is 3. The maximum Gasteiger partial charge on any atom is 0.418 e. The Kier molecular flexibility index (Phi) is 6.62. The number of rotatable bonds is 5. The first kappa shape index (κ1) is 25.4. The molecule has 4 aromatic rings. The number of carbonyl (C=O) groups excluding carboxylic acids is 1. The minimum absolute atomic E-state index is 0.0176. The van der Waals surface area contributed by atoms with Crippen LogP contribution in [0.4, 0.5) is 13.2 Å². The lowest BCUT2D eigenvalue weighted by Crippen LogP contribution is -2.10. The molecular weight excluding hydrogens is 491 g/mol. The van der Waals surface area contributed by atoms with E-state index in [4.69, 9.17) is 4.74 Å². The number of hydrogen-bond acceptors (Lipinski definition) is 5. The third kappa shape index (κ3) is 5.11. The van der Waals surface area contributed by atoms with Gasteiger partial charge in [0.05, 0.1) is 21.5 Å². The van der Waals surface area contributed by atoms with Crippen molar-refractivity contribution in [3.05, 3.63) is 89.6 Å². The predicted molar refractivity (Wildman–Crippen MR) is 131 cm³/mol. The fourth-order valence-corrected chi connectivity index (χ4v) is 4.63. The third-order valence-electron chi connectivity index (χ3n) is 5.69. The van der Waals surface area contributed by atoms with Crippen LogP contribution in [0.3, 0.4) is 0 Å². The van der Waals surface area contributed by atoms with Gasteiger partial charge in [-0.1, -0.05) is 44.2 Å². The van der Waals surface area contributed by atoms with E-state index in [1.165, 1.54) is 36.5 Å². The van der Waals surface area contributed by atoms with E-state index in [2.05, 4.69) is 4.98 Å². The van der Waals surface area contributed by atoms with Gasteiger partial charge in [-0.2, -0.15) is 13.2 Å². The Labute approximate surface area is 206 Å². The first-order valence-corrected chi connectivity index (χ1v) is 12.9. The van der Waals surface area contributed by atoms with Crippen molar-refractivity contribution in [2.45, 2.75) is 30.8 Å². The van der Waals surface area contributed by atoms with Crippen LogP contribution in [0, 0.1) is 0 Å². The van der Waals surface area contributed by atoms with Gasteiger partial charge >= 0.3 is 12.1 Å². The summed E-state index contributed by atoms with van der Waals surface area (Å²) < 4.78 is 70.1. The first-order valence-electron chi connectivity index (χ1n) is 11.0. The summed E-state index contributed by atoms with van der Waals surface area (Å²) >= 11 is 0. The van der Waals surface area contributed by atoms with E-state index < -0.39 is 27.5 Å². The number of esters is 1. The molecule has 0 unspecified atom stereocenters. The van der Waals surface area contributed by atoms with Crippen LogP contribution in [0.15, 0.2) is 77.8 Å². The lowest BCUT2D eigenvalue weighted by atomic mass is 9.90. The molecule has 0 N–H and O–H groups in total. The van der Waals surface area contributed by atoms with Crippen molar-refractivity contribution in [2.24, 2.45) is 0 Å². The van der Waals surface area contributed by atoms with Gasteiger partial charge in [0.2, 0.25) is 0 Å². The number of hydrogen-bond donors (Lipinski definition) is 0. The van der Waals surface area contributed by atoms with Crippen molar-refractivity contribution in [1.29, 1.82) is 0 Å². The van der Waals surface area contributed by atoms with E-state index in [9.17, 15) is 26.4 Å². The number of nitrogens with zero attached hydrogens (tertiary/aromatic N) is 1. The molecule has 1 heterocycles. The zero-order valence-corrected chi connectivity index (χ0v) is 20.4. The number of benzene rings is 3. The minimum Gasteiger partial charge on any atom is -0.423 e. The molecule has 4 rings (SSSR count). The number of sulfone groups is 1. The van der Waals surface area contributed by atoms with Gasteiger partial charge in [0.25, 0.3) is 0 Å². The highest BCUT2D eigenvalue weighted by Gasteiger charge is 2.33. The topological polar surface area (TPSA) is 73.3 Å². The first-order chi connectivity index (χ1) is 16.9. The molecule has 36 heavy (non-hydrogen) atoms. The molecule has 0 amide bonds. The molecule has 0 saturated carbocycles. The Hall–Kier alpha value is -3.72. The van der Waals surface area contributed by atoms with Gasteiger partial charge < -0.3 is 4.74 Å². The number of para-hydroxylation sites is 1. The molecule has 0 aliphatic carbocycles. The molecule has 0 fully saturated rings. The standard InChI is InChI=1S/C27H22F3NO4S/c1-16(2)22-15-31-25-21(11-6-12-23(25)27(28,29)30)24(22)17-7-4-9-19(13-17)35-26(32)18-8-5-10-20(14-18)36(3,33)34/h4-16H,1-3H3. The largest absolute Gasteiger partial charge is 0.423 e. The van der Waals surface area contributed by atoms with Crippen molar-refractivity contribution in [3.8, 4) is 16.9 Å². The monoisotopic (exact) mass is 513 g/mol. The molecule has 0 spiro atoms. The predicted octanol–water partition coefficient (Wildman–Crippen LogP) is 6.67. The van der Waals surface area contributed by atoms with Gasteiger partial charge in [-0.05, 0) is 59.0 Å². The molecule has 5 nitrogen and oxygen atoms in total. The summed E-state index contributed by atoms with van der Waals surface area (Å²) in [6.07, 6.45) is -2.08. The lowest BCUT2D eigenvalue weighted by molar-refractivity contribution is -0.136. The highest BCUT2D eigenvalue weighted by molar-refractivity contribution is 7.90. The summed E-state index contributed by atoms with van der Waals surface area (Å²) in [7, 11) is -3.52. The van der Waals surface area contributed by atoms with Crippen LogP contribution in [0.1, 0.15) is 41.3 Å². The summed E-state index contributed by atoms with van der Waals surface area (Å²) in [6.45, 7) is 3.83. The zero-order valence-electron chi connectivity index (χ0n) is 19.6. The van der Waals surface area contributed by atoms with Crippen molar-refractivity contribution in [3.63, 3.8) is 0 Å². The van der Waals surface area contributed by atoms with Gasteiger partial charge in [0, 0.05) is 17.8 Å². The quantitative estimate of drug-likeness (QED) is 0.220. The lowest BCUT2D eigenvalue weighted by Gasteiger charge is -2.18. The van der Waals surface area contributed by atoms with E-state index in [0.29, 0.717) is 16.5 Å². The van der Waals surface area contributed by atoms with E-state index in [-0.39, 0.29) is 27.6 Å². The van der Waals surface area contributed by atoms with Gasteiger partial charge in [0.15, 0.2) is 9.84 Å². The Balaban J connectivity index is 1.80. The molecule has 0 aliphatic rings. The molecule has 0 radical (unpaired) electrons. The summed E-state index contributed by atoms with van der Waals surface area (Å²) in [4.78, 5) is 16.9. The number of carbonyl (C=O) groups is 1. The third-order valence-corrected chi connectivity index (χ3v) is 6.80. The molecule has 9 heteroatoms. The normalized spacial score (nSPS) is 12.2. The summed E-state index contributed by atoms with van der Waals surface area (Å²) in [5, 5.41) is 0.334. The number of fused-ring (bicyclic) bond motifs is 1. The molecule has 1 aromatic heterocycles. The van der Waals surface area contributed by atoms with E-state index in [0.717, 1.165) is 17.9 Å². The number of alkyl halides is 3. The van der Waals surface area contributed by atoms with Crippen LogP contribution >= 0.6 is 0 Å². The minimum atomic E-state index is -4.57. The SMILES string of the molecule is CC(C)c1cnc2c(C(F)(F)F)cccc2c1-c1cccc(OC(=O)c2cccc(S(C)(=O)=O)c2)c1. The number of ether oxygens (including phenoxy) is 1. The molecule has 3 aromatic carbocycles. The van der Waals surface area contributed by atoms with Crippen molar-refractivity contribution >= 4 is 26.7 Å². The summed E-state index contributed by atoms with van der Waals surface area (Å²) in [5.41, 5.74) is 0.925. The van der Waals surface area contributed by atoms with Crippen LogP contribution in [-0.2, 0) is 16.0 Å². The van der Waals surface area contributed by atoms with Crippen molar-refractivity contribution in [1.82, 2.24) is 4.98 Å². The average Bonchev–Trinajstić information content (AvgIpc) is 2.82. The Morgan fingerprint density at radius 2 is 1.67 bits per heavy atom. The second kappa shape index (κ2) is 9.39. The van der Waals surface area contributed by atoms with Gasteiger partial charge in [-0.25, -0.2) is 13.2 Å². The number of aromatic nitrogens is 1. The molecular formula is C27H22F3NO4S. The van der Waals surface area contributed by atoms with E-state index in [1.807, 2.05) is 13.8 Å². The Bertz CT molecular complexity index is 1580. The van der Waals surface area contributed by atoms with Gasteiger partial charge in [-0.15, -0.1) is 0 Å². The van der Waals surface area contributed by atoms with Crippen LogP contribution in [0.2, 0.25) is 0 Å². The molecule has 0 bridgehead atoms. The average molecular weight is 514 g/mol. The second-order valence-corrected chi connectivity index (χ2v) is 10.7. The maximum absolute atomic E-state index is 13.6. The molecule has 186 valence electrons. The summed E-state index contributed by atoms with van der Waals surface area (Å²) in [6, 6.07) is 15.9. The molecule has 0 atom stereocenters. The van der Waals surface area contributed by atoms with Crippen LogP contribution in [0.25, 0.3) is 22.0 Å². The van der Waals surface area contributed by atoms with Gasteiger partial charge in [0.1, 0.15) is 5.75 Å². The van der Waals surface area contributed by atoms with Crippen LogP contribution in [0.5, 0.6) is 5.75 Å². The van der Waals surface area contributed by atoms with Gasteiger partial charge in [-0.3, -0.25) is 4.98 Å². The summed E-state index contributed by atoms with van der Waals surface area (Å²) in [5.74, 6) is -0.647. The fraction of sp³-hybridized carbons (Fsp3) is 0.185. The highest BCUT2D eigenvalue weighted by Crippen LogP contribution is 2.40. The Morgan fingerprint density at radius 3 is 2.33 bits per heavy atom. The molecule has 0 aliphatic heterocycles. The smallest absolute Gasteiger partial charge is 0.418 e. The van der Waals surface area contributed by atoms with Crippen molar-refractivity contribution in [2.75, 3.05) is 6.26 Å². The zero-order chi connectivity index (χ0) is 26.3. The molecule has 0 saturated heterocycles. The number of pyridine rings is 1. The van der Waals surface area contributed by atoms with Crippen LogP contribution < -0.4 is 4.74 Å². The van der Waals surface area contributed by atoms with E-state index in [1.54, 1.807) is 30.3 Å². The Morgan fingerprint density at radius 1 is 0.972 bits per heavy atom. The van der Waals surface area contributed by atoms with Crippen molar-refractivity contribution < 1.29 is 31.1 Å². The highest BCUT2D eigenvalue weighted by atomic mass is 32.2. The van der Waals surface area contributed by atoms with Crippen LogP contribution in [-0.4, -0.2) is 25.6 Å².